The van der Waals surface area contributed by atoms with Crippen LogP contribution in [0.1, 0.15) is 52.0 Å². The number of rotatable bonds is 10. The molecule has 1 fully saturated rings. The van der Waals surface area contributed by atoms with Crippen molar-refractivity contribution >= 4 is 34.8 Å². The van der Waals surface area contributed by atoms with E-state index in [9.17, 15) is 19.2 Å². The van der Waals surface area contributed by atoms with E-state index in [4.69, 9.17) is 23.7 Å². The average molecular weight is 490 g/mol. The quantitative estimate of drug-likeness (QED) is 0.395. The molecule has 0 bridgehead atoms. The third-order valence-electron chi connectivity index (χ3n) is 5.59. The molecule has 1 saturated heterocycles. The van der Waals surface area contributed by atoms with Crippen molar-refractivity contribution in [1.29, 1.82) is 0 Å². The zero-order valence-electron chi connectivity index (χ0n) is 20.1. The summed E-state index contributed by atoms with van der Waals surface area (Å²) in [6.45, 7) is 4.61. The third-order valence-corrected chi connectivity index (χ3v) is 5.59. The molecule has 0 amide bonds. The summed E-state index contributed by atoms with van der Waals surface area (Å²) in [4.78, 5) is 52.0. The SMILES string of the molecule is CCC(=O)O[C@@H]1[C@@H](OC(=O)CC)[C@H](OC(=O)CCc2c[nH]c3ccccc23)OC[C@@H]1OC(=O)CC. The van der Waals surface area contributed by atoms with Gasteiger partial charge >= 0.3 is 23.9 Å². The predicted octanol–water partition coefficient (Wildman–Crippen LogP) is 2.97. The summed E-state index contributed by atoms with van der Waals surface area (Å²) in [5.74, 6) is -2.32. The van der Waals surface area contributed by atoms with Gasteiger partial charge in [-0.2, -0.15) is 0 Å². The van der Waals surface area contributed by atoms with E-state index in [1.165, 1.54) is 0 Å². The van der Waals surface area contributed by atoms with E-state index < -0.39 is 48.5 Å². The molecule has 0 unspecified atom stereocenters. The lowest BCUT2D eigenvalue weighted by atomic mass is 10.0. The van der Waals surface area contributed by atoms with Gasteiger partial charge in [-0.1, -0.05) is 39.0 Å². The number of benzene rings is 1. The monoisotopic (exact) mass is 489 g/mol. The summed E-state index contributed by atoms with van der Waals surface area (Å²) >= 11 is 0. The van der Waals surface area contributed by atoms with Crippen LogP contribution in [0.25, 0.3) is 10.9 Å². The number of esters is 4. The number of carbonyl (C=O) groups is 4. The summed E-state index contributed by atoms with van der Waals surface area (Å²) < 4.78 is 27.4. The van der Waals surface area contributed by atoms with Gasteiger partial charge in [0.15, 0.2) is 12.2 Å². The lowest BCUT2D eigenvalue weighted by molar-refractivity contribution is -0.275. The van der Waals surface area contributed by atoms with Crippen molar-refractivity contribution in [2.24, 2.45) is 0 Å². The molecule has 1 aromatic carbocycles. The Morgan fingerprint density at radius 1 is 0.857 bits per heavy atom. The van der Waals surface area contributed by atoms with Gasteiger partial charge in [0.25, 0.3) is 0 Å². The zero-order valence-corrected chi connectivity index (χ0v) is 20.1. The molecule has 4 atom stereocenters. The maximum absolute atomic E-state index is 12.7. The van der Waals surface area contributed by atoms with E-state index in [1.54, 1.807) is 20.8 Å². The van der Waals surface area contributed by atoms with Crippen LogP contribution in [-0.4, -0.2) is 60.1 Å². The van der Waals surface area contributed by atoms with Crippen LogP contribution in [0.3, 0.4) is 0 Å². The first-order chi connectivity index (χ1) is 16.9. The van der Waals surface area contributed by atoms with Crippen molar-refractivity contribution in [2.45, 2.75) is 77.5 Å². The molecule has 1 aromatic heterocycles. The van der Waals surface area contributed by atoms with Crippen LogP contribution in [-0.2, 0) is 49.3 Å². The van der Waals surface area contributed by atoms with Gasteiger partial charge in [0, 0.05) is 42.8 Å². The summed E-state index contributed by atoms with van der Waals surface area (Å²) in [6.07, 6.45) is -2.34. The van der Waals surface area contributed by atoms with Gasteiger partial charge in [0.05, 0.1) is 6.61 Å². The van der Waals surface area contributed by atoms with E-state index >= 15 is 0 Å². The largest absolute Gasteiger partial charge is 0.456 e. The fourth-order valence-corrected chi connectivity index (χ4v) is 3.70. The van der Waals surface area contributed by atoms with Crippen LogP contribution in [0.4, 0.5) is 0 Å². The Hall–Kier alpha value is -3.40. The van der Waals surface area contributed by atoms with Gasteiger partial charge < -0.3 is 28.7 Å². The number of ether oxygens (including phenoxy) is 5. The molecular formula is C25H31NO9. The molecule has 35 heavy (non-hydrogen) atoms. The van der Waals surface area contributed by atoms with E-state index in [0.29, 0.717) is 6.42 Å². The highest BCUT2D eigenvalue weighted by Crippen LogP contribution is 2.27. The standard InChI is InChI=1S/C25H31NO9/c1-4-19(27)32-18-14-31-25(24(34-21(29)6-3)23(18)33-20(28)5-2)35-22(30)12-11-15-13-26-17-10-8-7-9-16(15)17/h7-10,13,18,23-26H,4-6,11-12,14H2,1-3H3/t18-,23-,24+,25-/m0/s1. The number of fused-ring (bicyclic) bond motifs is 1. The van der Waals surface area contributed by atoms with Crippen molar-refractivity contribution in [1.82, 2.24) is 4.98 Å². The molecule has 0 aliphatic carbocycles. The fraction of sp³-hybridized carbons (Fsp3) is 0.520. The molecule has 2 aromatic rings. The highest BCUT2D eigenvalue weighted by molar-refractivity contribution is 5.83. The predicted molar refractivity (Wildman–Crippen MR) is 123 cm³/mol. The molecule has 0 spiro atoms. The number of H-pyrrole nitrogens is 1. The van der Waals surface area contributed by atoms with Crippen LogP contribution in [0, 0.1) is 0 Å². The van der Waals surface area contributed by atoms with E-state index in [2.05, 4.69) is 4.98 Å². The number of hydrogen-bond donors (Lipinski definition) is 1. The minimum atomic E-state index is -1.33. The molecule has 1 aliphatic heterocycles. The number of nitrogens with one attached hydrogen (secondary N) is 1. The average Bonchev–Trinajstić information content (AvgIpc) is 3.28. The minimum Gasteiger partial charge on any atom is -0.456 e. The second-order valence-corrected chi connectivity index (χ2v) is 8.05. The normalized spacial score (nSPS) is 21.8. The molecule has 3 rings (SSSR count). The lowest BCUT2D eigenvalue weighted by Crippen LogP contribution is -2.58. The number of aromatic amines is 1. The van der Waals surface area contributed by atoms with Gasteiger partial charge in [-0.05, 0) is 18.1 Å². The maximum Gasteiger partial charge on any atom is 0.308 e. The van der Waals surface area contributed by atoms with E-state index in [1.807, 2.05) is 30.5 Å². The van der Waals surface area contributed by atoms with Crippen molar-refractivity contribution in [2.75, 3.05) is 6.61 Å². The smallest absolute Gasteiger partial charge is 0.308 e. The fourth-order valence-electron chi connectivity index (χ4n) is 3.70. The Kier molecular flexibility index (Phi) is 9.25. The Bertz CT molecular complexity index is 1050. The molecule has 190 valence electrons. The number of aryl methyl sites for hydroxylation is 1. The van der Waals surface area contributed by atoms with Crippen molar-refractivity contribution in [3.05, 3.63) is 36.0 Å². The first-order valence-electron chi connectivity index (χ1n) is 11.8. The Morgan fingerprint density at radius 2 is 1.49 bits per heavy atom. The van der Waals surface area contributed by atoms with Crippen molar-refractivity contribution in [3.8, 4) is 0 Å². The topological polar surface area (TPSA) is 130 Å². The van der Waals surface area contributed by atoms with E-state index in [0.717, 1.165) is 16.5 Å². The van der Waals surface area contributed by atoms with Gasteiger partial charge in [-0.3, -0.25) is 19.2 Å². The van der Waals surface area contributed by atoms with Crippen LogP contribution in [0.15, 0.2) is 30.5 Å². The Morgan fingerprint density at radius 3 is 2.17 bits per heavy atom. The molecule has 2 heterocycles. The van der Waals surface area contributed by atoms with Gasteiger partial charge in [-0.15, -0.1) is 0 Å². The van der Waals surface area contributed by atoms with Crippen LogP contribution >= 0.6 is 0 Å². The first kappa shape index (κ1) is 26.2. The van der Waals surface area contributed by atoms with Crippen molar-refractivity contribution in [3.63, 3.8) is 0 Å². The Labute approximate surface area is 203 Å². The Balaban J connectivity index is 1.73. The van der Waals surface area contributed by atoms with Gasteiger partial charge in [0.1, 0.15) is 0 Å². The van der Waals surface area contributed by atoms with Crippen LogP contribution in [0.5, 0.6) is 0 Å². The maximum atomic E-state index is 12.7. The van der Waals surface area contributed by atoms with Crippen LogP contribution < -0.4 is 0 Å². The first-order valence-corrected chi connectivity index (χ1v) is 11.8. The number of para-hydroxylation sites is 1. The van der Waals surface area contributed by atoms with Gasteiger partial charge in [-0.25, -0.2) is 0 Å². The molecule has 10 nitrogen and oxygen atoms in total. The zero-order chi connectivity index (χ0) is 25.4. The lowest BCUT2D eigenvalue weighted by Gasteiger charge is -2.40. The summed E-state index contributed by atoms with van der Waals surface area (Å²) in [6, 6.07) is 7.74. The molecule has 1 N–H and O–H groups in total. The minimum absolute atomic E-state index is 0.0333. The summed E-state index contributed by atoms with van der Waals surface area (Å²) in [5, 5.41) is 1.01. The third kappa shape index (κ3) is 6.82. The molecule has 10 heteroatoms. The van der Waals surface area contributed by atoms with E-state index in [-0.39, 0.29) is 32.3 Å². The summed E-state index contributed by atoms with van der Waals surface area (Å²) in [7, 11) is 0. The summed E-state index contributed by atoms with van der Waals surface area (Å²) in [5.41, 5.74) is 1.92. The van der Waals surface area contributed by atoms with Gasteiger partial charge in [0.2, 0.25) is 12.4 Å². The molecule has 0 saturated carbocycles. The second-order valence-electron chi connectivity index (χ2n) is 8.05. The molecule has 0 radical (unpaired) electrons. The van der Waals surface area contributed by atoms with Crippen molar-refractivity contribution < 1.29 is 42.9 Å². The molecule has 1 aliphatic rings. The second kappa shape index (κ2) is 12.3. The highest BCUT2D eigenvalue weighted by atomic mass is 16.7. The number of carbonyl (C=O) groups excluding carboxylic acids is 4. The number of hydrogen-bond acceptors (Lipinski definition) is 9. The van der Waals surface area contributed by atoms with Crippen LogP contribution in [0.2, 0.25) is 0 Å². The highest BCUT2D eigenvalue weighted by Gasteiger charge is 2.49. The number of aromatic nitrogens is 1. The molecular weight excluding hydrogens is 458 g/mol.